The highest BCUT2D eigenvalue weighted by Gasteiger charge is 2.58. The molecule has 0 radical (unpaired) electrons. The maximum absolute atomic E-state index is 12.4. The van der Waals surface area contributed by atoms with Crippen molar-refractivity contribution in [1.29, 1.82) is 0 Å². The Morgan fingerprint density at radius 1 is 1.20 bits per heavy atom. The van der Waals surface area contributed by atoms with E-state index in [1.807, 2.05) is 26.0 Å². The van der Waals surface area contributed by atoms with Crippen molar-refractivity contribution in [2.75, 3.05) is 19.7 Å². The summed E-state index contributed by atoms with van der Waals surface area (Å²) in [5, 5.41) is 16.7. The van der Waals surface area contributed by atoms with E-state index in [2.05, 4.69) is 23.6 Å². The van der Waals surface area contributed by atoms with Gasteiger partial charge in [-0.25, -0.2) is 0 Å². The van der Waals surface area contributed by atoms with Crippen LogP contribution in [0.2, 0.25) is 0 Å². The van der Waals surface area contributed by atoms with Crippen LogP contribution in [-0.4, -0.2) is 90.9 Å². The highest BCUT2D eigenvalue weighted by Crippen LogP contribution is 2.42. The van der Waals surface area contributed by atoms with Crippen LogP contribution in [0.5, 0.6) is 0 Å². The molecule has 0 saturated carbocycles. The molecule has 3 heterocycles. The smallest absolute Gasteiger partial charge is 0.303 e. The third kappa shape index (κ3) is 10.0. The fraction of sp³-hybridized carbons (Fsp3) is 0.700. The number of aliphatic hydroxyl groups is 1. The van der Waals surface area contributed by atoms with Crippen molar-refractivity contribution in [2.45, 2.75) is 109 Å². The number of carbonyl (C=O) groups is 3. The zero-order chi connectivity index (χ0) is 30.2. The first-order chi connectivity index (χ1) is 19.4. The van der Waals surface area contributed by atoms with E-state index in [-0.39, 0.29) is 55.1 Å². The highest BCUT2D eigenvalue weighted by atomic mass is 16.6. The average Bonchev–Trinajstić information content (AvgIpc) is 3.68. The Labute approximate surface area is 242 Å². The van der Waals surface area contributed by atoms with Crippen LogP contribution in [0.25, 0.3) is 0 Å². The minimum atomic E-state index is -0.781. The molecule has 3 aliphatic rings. The van der Waals surface area contributed by atoms with Crippen molar-refractivity contribution in [3.05, 3.63) is 36.0 Å². The average molecular weight is 578 g/mol. The molecular weight excluding hydrogens is 530 g/mol. The third-order valence-electron chi connectivity index (χ3n) is 7.82. The molecule has 11 heteroatoms. The van der Waals surface area contributed by atoms with Gasteiger partial charge in [-0.15, -0.1) is 0 Å². The van der Waals surface area contributed by atoms with Gasteiger partial charge in [0.15, 0.2) is 0 Å². The summed E-state index contributed by atoms with van der Waals surface area (Å²) in [4.78, 5) is 35.2. The van der Waals surface area contributed by atoms with E-state index in [1.165, 1.54) is 13.0 Å². The summed E-state index contributed by atoms with van der Waals surface area (Å²) in [6.07, 6.45) is 8.87. The van der Waals surface area contributed by atoms with Gasteiger partial charge in [-0.2, -0.15) is 0 Å². The predicted octanol–water partition coefficient (Wildman–Crippen LogP) is 1.44. The number of aliphatic hydroxyl groups excluding tert-OH is 1. The Morgan fingerprint density at radius 2 is 1.93 bits per heavy atom. The van der Waals surface area contributed by atoms with Gasteiger partial charge in [0.2, 0.25) is 11.8 Å². The molecule has 3 fully saturated rings. The van der Waals surface area contributed by atoms with Gasteiger partial charge in [-0.3, -0.25) is 14.4 Å². The molecule has 0 aromatic carbocycles. The topological polar surface area (TPSA) is 162 Å². The van der Waals surface area contributed by atoms with Crippen molar-refractivity contribution < 1.29 is 38.4 Å². The van der Waals surface area contributed by atoms with E-state index in [9.17, 15) is 19.5 Å². The van der Waals surface area contributed by atoms with Gasteiger partial charge in [0.05, 0.1) is 31.0 Å². The molecule has 5 N–H and O–H groups in total. The van der Waals surface area contributed by atoms with Crippen LogP contribution in [0.15, 0.2) is 36.0 Å². The Morgan fingerprint density at radius 3 is 2.59 bits per heavy atom. The van der Waals surface area contributed by atoms with Crippen LogP contribution >= 0.6 is 0 Å². The minimum Gasteiger partial charge on any atom is -0.459 e. The molecule has 2 amide bonds. The molecule has 3 rings (SSSR count). The lowest BCUT2D eigenvalue weighted by Crippen LogP contribution is -2.52. The number of carbonyl (C=O) groups excluding carboxylic acids is 3. The van der Waals surface area contributed by atoms with E-state index in [0.29, 0.717) is 26.0 Å². The lowest BCUT2D eigenvalue weighted by molar-refractivity contribution is -0.143. The maximum atomic E-state index is 12.4. The second-order valence-corrected chi connectivity index (χ2v) is 11.5. The molecule has 41 heavy (non-hydrogen) atoms. The predicted molar refractivity (Wildman–Crippen MR) is 153 cm³/mol. The zero-order valence-electron chi connectivity index (χ0n) is 24.8. The van der Waals surface area contributed by atoms with Crippen molar-refractivity contribution in [3.63, 3.8) is 0 Å². The van der Waals surface area contributed by atoms with Crippen LogP contribution in [0.3, 0.4) is 0 Å². The van der Waals surface area contributed by atoms with Gasteiger partial charge in [-0.05, 0) is 45.6 Å². The van der Waals surface area contributed by atoms with E-state index < -0.39 is 29.9 Å². The summed E-state index contributed by atoms with van der Waals surface area (Å²) in [5.41, 5.74) is 5.84. The van der Waals surface area contributed by atoms with Crippen molar-refractivity contribution >= 4 is 17.8 Å². The van der Waals surface area contributed by atoms with Crippen LogP contribution in [0.1, 0.15) is 60.3 Å². The normalized spacial score (nSPS) is 34.5. The molecule has 1 spiro atoms. The number of hydrogen-bond acceptors (Lipinski definition) is 9. The largest absolute Gasteiger partial charge is 0.459 e. The quantitative estimate of drug-likeness (QED) is 0.116. The second-order valence-electron chi connectivity index (χ2n) is 11.5. The summed E-state index contributed by atoms with van der Waals surface area (Å²) < 4.78 is 23.0. The first-order valence-corrected chi connectivity index (χ1v) is 14.5. The van der Waals surface area contributed by atoms with Gasteiger partial charge in [-0.1, -0.05) is 30.7 Å². The number of allylic oxidation sites excluding steroid dienone is 2. The second kappa shape index (κ2) is 15.1. The lowest BCUT2D eigenvalue weighted by atomic mass is 9.87. The number of rotatable bonds is 12. The lowest BCUT2D eigenvalue weighted by Gasteiger charge is -2.39. The third-order valence-corrected chi connectivity index (χ3v) is 7.82. The van der Waals surface area contributed by atoms with E-state index in [0.717, 1.165) is 12.0 Å². The number of nitrogens with two attached hydrogens (primary N) is 1. The molecular formula is C30H47N3O8. The van der Waals surface area contributed by atoms with Crippen LogP contribution in [0, 0.1) is 5.92 Å². The number of ether oxygens (including phenoxy) is 4. The number of amides is 2. The summed E-state index contributed by atoms with van der Waals surface area (Å²) >= 11 is 0. The highest BCUT2D eigenvalue weighted by molar-refractivity contribution is 5.87. The first-order valence-electron chi connectivity index (χ1n) is 14.5. The molecule has 3 saturated heterocycles. The SMILES string of the molecule is CC(=O)O[C@@H](C)/C=C\C(=O)N[C@@H]1C[C@H](C)[C@H](C/C=C(C)/C=C/[C@H]2O[C@H](CNC(=O)CCN)C[C@@]3(CO3)[C@@H]2O)O[C@@H]1C. The van der Waals surface area contributed by atoms with Gasteiger partial charge >= 0.3 is 5.97 Å². The monoisotopic (exact) mass is 577 g/mol. The fourth-order valence-corrected chi connectivity index (χ4v) is 5.33. The standard InChI is InChI=1S/C30H47N3O8/c1-18(7-10-26-29(37)30(17-38-30)15-23(41-26)16-32-27(35)12-13-31)6-9-25-19(2)14-24(21(4)40-25)33-28(36)11-8-20(3)39-22(5)34/h6-8,10-11,19-21,23-26,29,37H,9,12-17,31H2,1-5H3,(H,32,35)(H,33,36)/b10-7+,11-8-,18-6+/t19-,20-,21+,23-,24+,25-,26+,29+,30+/m0/s1. The number of nitrogens with one attached hydrogen (secondary N) is 2. The number of hydrogen-bond donors (Lipinski definition) is 4. The summed E-state index contributed by atoms with van der Waals surface area (Å²) in [6.45, 7) is 10.2. The minimum absolute atomic E-state index is 0.00204. The Kier molecular flexibility index (Phi) is 12.1. The van der Waals surface area contributed by atoms with Crippen LogP contribution in [-0.2, 0) is 33.3 Å². The molecule has 230 valence electrons. The summed E-state index contributed by atoms with van der Waals surface area (Å²) in [5.74, 6) is -0.545. The van der Waals surface area contributed by atoms with Gasteiger partial charge in [0.1, 0.15) is 23.9 Å². The van der Waals surface area contributed by atoms with Gasteiger partial charge < -0.3 is 40.4 Å². The van der Waals surface area contributed by atoms with Crippen molar-refractivity contribution in [2.24, 2.45) is 11.7 Å². The molecule has 11 nitrogen and oxygen atoms in total. The fourth-order valence-electron chi connectivity index (χ4n) is 5.33. The molecule has 0 aliphatic carbocycles. The molecule has 0 aromatic heterocycles. The van der Waals surface area contributed by atoms with Gasteiger partial charge in [0.25, 0.3) is 0 Å². The molecule has 0 bridgehead atoms. The van der Waals surface area contributed by atoms with E-state index in [1.54, 1.807) is 13.0 Å². The van der Waals surface area contributed by atoms with E-state index in [4.69, 9.17) is 24.7 Å². The first kappa shape index (κ1) is 32.9. The Hall–Kier alpha value is -2.57. The molecule has 3 aliphatic heterocycles. The van der Waals surface area contributed by atoms with Crippen LogP contribution < -0.4 is 16.4 Å². The van der Waals surface area contributed by atoms with Crippen molar-refractivity contribution in [1.82, 2.24) is 10.6 Å². The van der Waals surface area contributed by atoms with Crippen LogP contribution in [0.4, 0.5) is 0 Å². The molecule has 9 atom stereocenters. The van der Waals surface area contributed by atoms with Gasteiger partial charge in [0, 0.05) is 38.9 Å². The summed E-state index contributed by atoms with van der Waals surface area (Å²) in [6, 6.07) is -0.123. The molecule has 0 unspecified atom stereocenters. The zero-order valence-corrected chi connectivity index (χ0v) is 24.8. The molecule has 0 aromatic rings. The number of esters is 1. The maximum Gasteiger partial charge on any atom is 0.303 e. The van der Waals surface area contributed by atoms with Crippen molar-refractivity contribution in [3.8, 4) is 0 Å². The Bertz CT molecular complexity index is 1010. The number of epoxide rings is 1. The summed E-state index contributed by atoms with van der Waals surface area (Å²) in [7, 11) is 0. The van der Waals surface area contributed by atoms with E-state index >= 15 is 0 Å². The Balaban J connectivity index is 1.49.